The topological polar surface area (TPSA) is 83.8 Å². The van der Waals surface area contributed by atoms with E-state index in [1.54, 1.807) is 54.6 Å². The molecule has 0 spiro atoms. The van der Waals surface area contributed by atoms with Crippen LogP contribution in [0.1, 0.15) is 10.4 Å². The normalized spacial score (nSPS) is 9.00. The Morgan fingerprint density at radius 1 is 0.850 bits per heavy atom. The summed E-state index contributed by atoms with van der Waals surface area (Å²) >= 11 is 0. The zero-order valence-corrected chi connectivity index (χ0v) is 10.6. The second-order valence-corrected chi connectivity index (χ2v) is 3.67. The largest absolute Gasteiger partial charge is 0.482 e. The Labute approximate surface area is 116 Å². The summed E-state index contributed by atoms with van der Waals surface area (Å²) in [5.74, 6) is -1.26. The first-order valence-corrected chi connectivity index (χ1v) is 5.77. The monoisotopic (exact) mass is 274 g/mol. The molecule has 5 nitrogen and oxygen atoms in total. The molecule has 0 unspecified atom stereocenters. The smallest absolute Gasteiger partial charge is 0.341 e. The van der Waals surface area contributed by atoms with E-state index in [1.165, 1.54) is 0 Å². The molecule has 2 aromatic rings. The standard InChI is InChI=1S/C8H8O3.C7H6O2/c9-8(10)6-11-7-4-2-1-3-5-7;8-7(9)6-4-2-1-3-5-6/h1-5H,6H2,(H,9,10);1-5H,(H,8,9). The molecular formula is C15H14O5. The summed E-state index contributed by atoms with van der Waals surface area (Å²) in [6, 6.07) is 17.1. The Bertz CT molecular complexity index is 537. The predicted octanol–water partition coefficient (Wildman–Crippen LogP) is 2.53. The number of carboxylic acids is 2. The average Bonchev–Trinajstić information content (AvgIpc) is 2.48. The van der Waals surface area contributed by atoms with E-state index < -0.39 is 11.9 Å². The molecular weight excluding hydrogens is 260 g/mol. The lowest BCUT2D eigenvalue weighted by Gasteiger charge is -2.00. The number of carboxylic acid groups (broad SMARTS) is 2. The lowest BCUT2D eigenvalue weighted by atomic mass is 10.2. The van der Waals surface area contributed by atoms with E-state index in [1.807, 2.05) is 6.07 Å². The first kappa shape index (κ1) is 15.2. The van der Waals surface area contributed by atoms with Crippen LogP contribution in [-0.4, -0.2) is 28.8 Å². The number of hydrogen-bond donors (Lipinski definition) is 2. The fourth-order valence-electron chi connectivity index (χ4n) is 1.24. The lowest BCUT2D eigenvalue weighted by Crippen LogP contribution is -2.09. The second kappa shape index (κ2) is 8.31. The van der Waals surface area contributed by atoms with Gasteiger partial charge in [0.25, 0.3) is 0 Å². The third kappa shape index (κ3) is 6.20. The Hall–Kier alpha value is -2.82. The van der Waals surface area contributed by atoms with Crippen LogP contribution in [0.15, 0.2) is 60.7 Å². The van der Waals surface area contributed by atoms with Crippen molar-refractivity contribution < 1.29 is 24.5 Å². The van der Waals surface area contributed by atoms with Gasteiger partial charge in [0, 0.05) is 0 Å². The SMILES string of the molecule is O=C(O)COc1ccccc1.O=C(O)c1ccccc1. The molecule has 0 amide bonds. The van der Waals surface area contributed by atoms with E-state index in [4.69, 9.17) is 14.9 Å². The molecule has 0 saturated carbocycles. The number of aliphatic carboxylic acids is 1. The maximum Gasteiger partial charge on any atom is 0.341 e. The second-order valence-electron chi connectivity index (χ2n) is 3.67. The van der Waals surface area contributed by atoms with Crippen molar-refractivity contribution in [1.82, 2.24) is 0 Å². The van der Waals surface area contributed by atoms with Gasteiger partial charge in [0.05, 0.1) is 5.56 Å². The van der Waals surface area contributed by atoms with Gasteiger partial charge in [0.15, 0.2) is 6.61 Å². The summed E-state index contributed by atoms with van der Waals surface area (Å²) < 4.78 is 4.87. The molecule has 0 heterocycles. The molecule has 0 aliphatic carbocycles. The third-order valence-corrected chi connectivity index (χ3v) is 2.13. The van der Waals surface area contributed by atoms with Crippen LogP contribution >= 0.6 is 0 Å². The van der Waals surface area contributed by atoms with Gasteiger partial charge in [0.2, 0.25) is 0 Å². The highest BCUT2D eigenvalue weighted by Crippen LogP contribution is 2.07. The number of ether oxygens (including phenoxy) is 1. The van der Waals surface area contributed by atoms with Gasteiger partial charge < -0.3 is 14.9 Å². The molecule has 2 rings (SSSR count). The van der Waals surface area contributed by atoms with Crippen molar-refractivity contribution >= 4 is 11.9 Å². The third-order valence-electron chi connectivity index (χ3n) is 2.13. The van der Waals surface area contributed by atoms with E-state index >= 15 is 0 Å². The van der Waals surface area contributed by atoms with E-state index in [9.17, 15) is 9.59 Å². The molecule has 0 aliphatic rings. The summed E-state index contributed by atoms with van der Waals surface area (Å²) in [7, 11) is 0. The average molecular weight is 274 g/mol. The molecule has 0 saturated heterocycles. The molecule has 0 bridgehead atoms. The highest BCUT2D eigenvalue weighted by atomic mass is 16.5. The molecule has 20 heavy (non-hydrogen) atoms. The van der Waals surface area contributed by atoms with Gasteiger partial charge in [-0.15, -0.1) is 0 Å². The minimum absolute atomic E-state index is 0.288. The quantitative estimate of drug-likeness (QED) is 0.895. The van der Waals surface area contributed by atoms with Gasteiger partial charge >= 0.3 is 11.9 Å². The van der Waals surface area contributed by atoms with E-state index in [0.717, 1.165) is 0 Å². The molecule has 2 aromatic carbocycles. The van der Waals surface area contributed by atoms with Gasteiger partial charge in [0.1, 0.15) is 5.75 Å². The summed E-state index contributed by atoms with van der Waals surface area (Å²) in [4.78, 5) is 20.2. The van der Waals surface area contributed by atoms with Gasteiger partial charge in [-0.25, -0.2) is 9.59 Å². The molecule has 0 aliphatic heterocycles. The van der Waals surface area contributed by atoms with Gasteiger partial charge in [-0.05, 0) is 24.3 Å². The number of benzene rings is 2. The van der Waals surface area contributed by atoms with Gasteiger partial charge in [-0.1, -0.05) is 36.4 Å². The van der Waals surface area contributed by atoms with Crippen LogP contribution in [0.3, 0.4) is 0 Å². The maximum atomic E-state index is 10.2. The van der Waals surface area contributed by atoms with Crippen LogP contribution in [0.2, 0.25) is 0 Å². The van der Waals surface area contributed by atoms with Crippen LogP contribution in [0.25, 0.3) is 0 Å². The number of aromatic carboxylic acids is 1. The number of para-hydroxylation sites is 1. The van der Waals surface area contributed by atoms with Crippen LogP contribution in [0.5, 0.6) is 5.75 Å². The Morgan fingerprint density at radius 3 is 1.75 bits per heavy atom. The van der Waals surface area contributed by atoms with Gasteiger partial charge in [-0.2, -0.15) is 0 Å². The molecule has 2 N–H and O–H groups in total. The molecule has 0 atom stereocenters. The summed E-state index contributed by atoms with van der Waals surface area (Å²) in [5.41, 5.74) is 0.331. The number of hydrogen-bond acceptors (Lipinski definition) is 3. The Balaban J connectivity index is 0.000000204. The number of rotatable bonds is 4. The summed E-state index contributed by atoms with van der Waals surface area (Å²) in [6.07, 6.45) is 0. The number of carbonyl (C=O) groups is 2. The molecule has 104 valence electrons. The molecule has 5 heteroatoms. The van der Waals surface area contributed by atoms with Crippen LogP contribution in [0, 0.1) is 0 Å². The Morgan fingerprint density at radius 2 is 1.35 bits per heavy atom. The van der Waals surface area contributed by atoms with Crippen molar-refractivity contribution in [3.8, 4) is 5.75 Å². The van der Waals surface area contributed by atoms with Crippen molar-refractivity contribution in [3.63, 3.8) is 0 Å². The fourth-order valence-corrected chi connectivity index (χ4v) is 1.24. The lowest BCUT2D eigenvalue weighted by molar-refractivity contribution is -0.139. The van der Waals surface area contributed by atoms with Crippen LogP contribution in [-0.2, 0) is 4.79 Å². The van der Waals surface area contributed by atoms with Gasteiger partial charge in [-0.3, -0.25) is 0 Å². The van der Waals surface area contributed by atoms with Crippen LogP contribution in [0.4, 0.5) is 0 Å². The molecule has 0 fully saturated rings. The van der Waals surface area contributed by atoms with Crippen molar-refractivity contribution in [3.05, 3.63) is 66.2 Å². The van der Waals surface area contributed by atoms with Crippen molar-refractivity contribution in [2.75, 3.05) is 6.61 Å². The molecule has 0 aromatic heterocycles. The van der Waals surface area contributed by atoms with Crippen molar-refractivity contribution in [1.29, 1.82) is 0 Å². The molecule has 0 radical (unpaired) electrons. The van der Waals surface area contributed by atoms with E-state index in [0.29, 0.717) is 11.3 Å². The van der Waals surface area contributed by atoms with Crippen molar-refractivity contribution in [2.45, 2.75) is 0 Å². The fraction of sp³-hybridized carbons (Fsp3) is 0.0667. The minimum atomic E-state index is -0.964. The maximum absolute atomic E-state index is 10.2. The predicted molar refractivity (Wildman–Crippen MR) is 73.0 cm³/mol. The first-order valence-electron chi connectivity index (χ1n) is 5.77. The zero-order chi connectivity index (χ0) is 14.8. The zero-order valence-electron chi connectivity index (χ0n) is 10.6. The summed E-state index contributed by atoms with van der Waals surface area (Å²) in [6.45, 7) is -0.288. The van der Waals surface area contributed by atoms with E-state index in [2.05, 4.69) is 0 Å². The first-order chi connectivity index (χ1) is 9.59. The summed E-state index contributed by atoms with van der Waals surface area (Å²) in [5, 5.41) is 16.6. The Kier molecular flexibility index (Phi) is 6.33. The van der Waals surface area contributed by atoms with Crippen molar-refractivity contribution in [2.24, 2.45) is 0 Å². The van der Waals surface area contributed by atoms with Crippen LogP contribution < -0.4 is 4.74 Å². The van der Waals surface area contributed by atoms with E-state index in [-0.39, 0.29) is 6.61 Å². The minimum Gasteiger partial charge on any atom is -0.482 e. The highest BCUT2D eigenvalue weighted by molar-refractivity contribution is 5.87. The highest BCUT2D eigenvalue weighted by Gasteiger charge is 1.97.